The quantitative estimate of drug-likeness (QED) is 0.701. The van der Waals surface area contributed by atoms with Crippen LogP contribution in [0.1, 0.15) is 43.7 Å². The Morgan fingerprint density at radius 2 is 1.86 bits per heavy atom. The van der Waals surface area contributed by atoms with Crippen LogP contribution in [0.4, 0.5) is 11.4 Å². The Balaban J connectivity index is 1.64. The molecule has 2 aliphatic rings. The molecule has 1 aliphatic carbocycles. The van der Waals surface area contributed by atoms with E-state index < -0.39 is 10.0 Å². The van der Waals surface area contributed by atoms with Crippen LogP contribution < -0.4 is 9.62 Å². The number of nitrogens with zero attached hydrogens (tertiary/aromatic N) is 1. The predicted molar refractivity (Wildman–Crippen MR) is 114 cm³/mol. The number of halogens is 1. The fourth-order valence-corrected chi connectivity index (χ4v) is 5.69. The first-order valence-corrected chi connectivity index (χ1v) is 11.8. The van der Waals surface area contributed by atoms with Crippen molar-refractivity contribution < 1.29 is 13.2 Å². The molecule has 0 aromatic heterocycles. The van der Waals surface area contributed by atoms with Crippen molar-refractivity contribution in [3.63, 3.8) is 0 Å². The number of sulfonamides is 1. The molecule has 28 heavy (non-hydrogen) atoms. The van der Waals surface area contributed by atoms with E-state index in [1.807, 2.05) is 18.2 Å². The summed E-state index contributed by atoms with van der Waals surface area (Å²) in [5, 5.41) is 0. The second kappa shape index (κ2) is 7.19. The third kappa shape index (κ3) is 3.70. The fraction of sp³-hybridized carbons (Fsp3) is 0.381. The van der Waals surface area contributed by atoms with Gasteiger partial charge in [0.25, 0.3) is 10.0 Å². The van der Waals surface area contributed by atoms with Gasteiger partial charge in [-0.2, -0.15) is 0 Å². The number of anilines is 2. The first kappa shape index (κ1) is 19.5. The van der Waals surface area contributed by atoms with E-state index in [2.05, 4.69) is 34.5 Å². The second-order valence-corrected chi connectivity index (χ2v) is 10.3. The first-order valence-electron chi connectivity index (χ1n) is 9.53. The number of nitrogens with one attached hydrogen (secondary N) is 1. The molecule has 4 rings (SSSR count). The van der Waals surface area contributed by atoms with Crippen molar-refractivity contribution in [1.29, 1.82) is 0 Å². The largest absolute Gasteiger partial charge is 0.312 e. The molecule has 2 aromatic carbocycles. The minimum atomic E-state index is -3.79. The Labute approximate surface area is 174 Å². The molecule has 148 valence electrons. The van der Waals surface area contributed by atoms with E-state index in [1.54, 1.807) is 23.1 Å². The fourth-order valence-electron chi connectivity index (χ4n) is 3.52. The summed E-state index contributed by atoms with van der Waals surface area (Å²) in [6.07, 6.45) is 2.61. The number of benzene rings is 2. The van der Waals surface area contributed by atoms with Gasteiger partial charge in [0.05, 0.1) is 0 Å². The summed E-state index contributed by atoms with van der Waals surface area (Å²) in [6, 6.07) is 10.9. The minimum absolute atomic E-state index is 0.104. The van der Waals surface area contributed by atoms with Crippen molar-refractivity contribution in [3.8, 4) is 0 Å². The highest BCUT2D eigenvalue weighted by molar-refractivity contribution is 9.10. The monoisotopic (exact) mass is 462 g/mol. The van der Waals surface area contributed by atoms with E-state index >= 15 is 0 Å². The van der Waals surface area contributed by atoms with E-state index in [4.69, 9.17) is 0 Å². The lowest BCUT2D eigenvalue weighted by atomic mass is 10.0. The summed E-state index contributed by atoms with van der Waals surface area (Å²) in [5.41, 5.74) is 3.38. The molecule has 0 spiro atoms. The number of fused-ring (bicyclic) bond motifs is 1. The van der Waals surface area contributed by atoms with E-state index in [9.17, 15) is 13.2 Å². The number of hydrogen-bond acceptors (Lipinski definition) is 3. The average Bonchev–Trinajstić information content (AvgIpc) is 3.41. The highest BCUT2D eigenvalue weighted by Crippen LogP contribution is 2.39. The van der Waals surface area contributed by atoms with Crippen LogP contribution in [-0.2, 0) is 21.2 Å². The summed E-state index contributed by atoms with van der Waals surface area (Å²) in [6.45, 7) is 4.80. The molecule has 1 aliphatic heterocycles. The van der Waals surface area contributed by atoms with Crippen LogP contribution in [0.5, 0.6) is 0 Å². The van der Waals surface area contributed by atoms with Crippen LogP contribution in [-0.4, -0.2) is 20.9 Å². The summed E-state index contributed by atoms with van der Waals surface area (Å²) in [5.74, 6) is 0.598. The van der Waals surface area contributed by atoms with Crippen LogP contribution in [0.25, 0.3) is 0 Å². The van der Waals surface area contributed by atoms with Crippen molar-refractivity contribution in [2.45, 2.75) is 43.9 Å². The molecular weight excluding hydrogens is 440 g/mol. The van der Waals surface area contributed by atoms with Gasteiger partial charge in [-0.05, 0) is 76.5 Å². The van der Waals surface area contributed by atoms with E-state index in [0.717, 1.165) is 36.1 Å². The van der Waals surface area contributed by atoms with Gasteiger partial charge in [-0.15, -0.1) is 0 Å². The number of amides is 1. The molecule has 0 unspecified atom stereocenters. The van der Waals surface area contributed by atoms with Gasteiger partial charge in [0.2, 0.25) is 5.91 Å². The van der Waals surface area contributed by atoms with Crippen LogP contribution in [0, 0.1) is 5.92 Å². The number of hydrogen-bond donors (Lipinski definition) is 1. The maximum Gasteiger partial charge on any atom is 0.263 e. The molecule has 0 bridgehead atoms. The lowest BCUT2D eigenvalue weighted by molar-refractivity contribution is -0.119. The molecule has 0 atom stereocenters. The normalized spacial score (nSPS) is 16.4. The topological polar surface area (TPSA) is 66.5 Å². The number of carbonyl (C=O) groups is 1. The third-order valence-electron chi connectivity index (χ3n) is 5.34. The van der Waals surface area contributed by atoms with E-state index in [1.165, 1.54) is 0 Å². The molecule has 1 amide bonds. The predicted octanol–water partition coefficient (Wildman–Crippen LogP) is 4.67. The van der Waals surface area contributed by atoms with Gasteiger partial charge in [-0.1, -0.05) is 26.0 Å². The van der Waals surface area contributed by atoms with Crippen molar-refractivity contribution in [3.05, 3.63) is 52.0 Å². The molecular formula is C21H23BrN2O3S. The van der Waals surface area contributed by atoms with Gasteiger partial charge in [0, 0.05) is 28.3 Å². The molecule has 2 aromatic rings. The SMILES string of the molecule is CC(C)c1ccc(NS(=O)(=O)c2cc3c(cc2Br)CCN3C(=O)C2CC2)cc1. The standard InChI is InChI=1S/C21H23BrN2O3S/c1-13(2)14-5-7-17(8-6-14)23-28(26,27)20-12-19-16(11-18(20)22)9-10-24(19)21(25)15-3-4-15/h5-8,11-13,15,23H,3-4,9-10H2,1-2H3. The molecule has 0 radical (unpaired) electrons. The van der Waals surface area contributed by atoms with Crippen molar-refractivity contribution in [1.82, 2.24) is 0 Å². The van der Waals surface area contributed by atoms with E-state index in [0.29, 0.717) is 22.6 Å². The highest BCUT2D eigenvalue weighted by Gasteiger charge is 2.37. The molecule has 1 N–H and O–H groups in total. The van der Waals surface area contributed by atoms with Crippen LogP contribution >= 0.6 is 15.9 Å². The van der Waals surface area contributed by atoms with Gasteiger partial charge in [-0.3, -0.25) is 9.52 Å². The molecule has 7 heteroatoms. The van der Waals surface area contributed by atoms with Crippen molar-refractivity contribution >= 4 is 43.2 Å². The summed E-state index contributed by atoms with van der Waals surface area (Å²) in [7, 11) is -3.79. The Morgan fingerprint density at radius 1 is 1.18 bits per heavy atom. The Morgan fingerprint density at radius 3 is 2.46 bits per heavy atom. The van der Waals surface area contributed by atoms with Crippen LogP contribution in [0.2, 0.25) is 0 Å². The van der Waals surface area contributed by atoms with Crippen molar-refractivity contribution in [2.75, 3.05) is 16.2 Å². The molecule has 5 nitrogen and oxygen atoms in total. The third-order valence-corrected chi connectivity index (χ3v) is 7.68. The maximum atomic E-state index is 13.0. The molecule has 1 saturated carbocycles. The van der Waals surface area contributed by atoms with Gasteiger partial charge >= 0.3 is 0 Å². The smallest absolute Gasteiger partial charge is 0.263 e. The van der Waals surface area contributed by atoms with Gasteiger partial charge in [-0.25, -0.2) is 8.42 Å². The first-order chi connectivity index (χ1) is 13.3. The summed E-state index contributed by atoms with van der Waals surface area (Å²) in [4.78, 5) is 14.4. The maximum absolute atomic E-state index is 13.0. The minimum Gasteiger partial charge on any atom is -0.312 e. The summed E-state index contributed by atoms with van der Waals surface area (Å²) >= 11 is 3.41. The molecule has 1 fully saturated rings. The average molecular weight is 463 g/mol. The lowest BCUT2D eigenvalue weighted by Crippen LogP contribution is -2.30. The number of carbonyl (C=O) groups excluding carboxylic acids is 1. The zero-order valence-corrected chi connectivity index (χ0v) is 18.3. The second-order valence-electron chi connectivity index (χ2n) is 7.81. The highest BCUT2D eigenvalue weighted by atomic mass is 79.9. The Bertz CT molecular complexity index is 1030. The molecule has 1 heterocycles. The van der Waals surface area contributed by atoms with Gasteiger partial charge in [0.1, 0.15) is 4.90 Å². The zero-order valence-electron chi connectivity index (χ0n) is 15.9. The number of rotatable bonds is 5. The van der Waals surface area contributed by atoms with Gasteiger partial charge < -0.3 is 4.90 Å². The van der Waals surface area contributed by atoms with E-state index in [-0.39, 0.29) is 16.7 Å². The van der Waals surface area contributed by atoms with Crippen LogP contribution in [0.15, 0.2) is 45.8 Å². The lowest BCUT2D eigenvalue weighted by Gasteiger charge is -2.19. The Kier molecular flexibility index (Phi) is 5.00. The van der Waals surface area contributed by atoms with Crippen molar-refractivity contribution in [2.24, 2.45) is 5.92 Å². The summed E-state index contributed by atoms with van der Waals surface area (Å²) < 4.78 is 29.2. The molecule has 0 saturated heterocycles. The van der Waals surface area contributed by atoms with Gasteiger partial charge in [0.15, 0.2) is 0 Å². The van der Waals surface area contributed by atoms with Crippen LogP contribution in [0.3, 0.4) is 0 Å². The Hall–Kier alpha value is -1.86. The zero-order chi connectivity index (χ0) is 20.1.